The molecule has 1 heterocycles. The maximum atomic E-state index is 12.7. The van der Waals surface area contributed by atoms with Crippen molar-refractivity contribution >= 4 is 39.4 Å². The molecule has 162 valence electrons. The van der Waals surface area contributed by atoms with Crippen molar-refractivity contribution in [1.82, 2.24) is 4.57 Å². The van der Waals surface area contributed by atoms with E-state index in [0.717, 1.165) is 16.7 Å². The summed E-state index contributed by atoms with van der Waals surface area (Å²) in [5.41, 5.74) is 4.08. The van der Waals surface area contributed by atoms with Crippen LogP contribution >= 0.6 is 11.3 Å². The molecule has 0 aliphatic carbocycles. The molecule has 1 amide bonds. The molecule has 0 atom stereocenters. The molecule has 0 N–H and O–H groups in total. The number of hydrogen-bond donors (Lipinski definition) is 0. The Labute approximate surface area is 183 Å². The van der Waals surface area contributed by atoms with Gasteiger partial charge in [-0.15, -0.1) is 0 Å². The number of rotatable bonds is 6. The number of aromatic nitrogens is 1. The normalized spacial score (nSPS) is 11.5. The van der Waals surface area contributed by atoms with Gasteiger partial charge in [0.1, 0.15) is 6.54 Å². The lowest BCUT2D eigenvalue weighted by molar-refractivity contribution is -0.143. The summed E-state index contributed by atoms with van der Waals surface area (Å²) >= 11 is 1.23. The van der Waals surface area contributed by atoms with E-state index < -0.39 is 11.9 Å². The van der Waals surface area contributed by atoms with E-state index in [-0.39, 0.29) is 25.5 Å². The molecule has 31 heavy (non-hydrogen) atoms. The van der Waals surface area contributed by atoms with Crippen LogP contribution in [0.1, 0.15) is 34.0 Å². The van der Waals surface area contributed by atoms with E-state index in [0.29, 0.717) is 20.6 Å². The SMILES string of the molecule is CCOC(=O)Cn1c(=NC(=O)Cc2cc(C)ccc2C)sc2cc(C(=O)OC)ccc21. The summed E-state index contributed by atoms with van der Waals surface area (Å²) in [6, 6.07) is 11.0. The lowest BCUT2D eigenvalue weighted by atomic mass is 10.0. The van der Waals surface area contributed by atoms with Gasteiger partial charge in [-0.2, -0.15) is 4.99 Å². The minimum atomic E-state index is -0.461. The predicted octanol–water partition coefficient (Wildman–Crippen LogP) is 3.34. The zero-order chi connectivity index (χ0) is 22.5. The van der Waals surface area contributed by atoms with Gasteiger partial charge < -0.3 is 14.0 Å². The van der Waals surface area contributed by atoms with Crippen LogP contribution in [0, 0.1) is 13.8 Å². The second-order valence-corrected chi connectivity index (χ2v) is 8.07. The highest BCUT2D eigenvalue weighted by Crippen LogP contribution is 2.20. The van der Waals surface area contributed by atoms with Crippen LogP contribution in [0.5, 0.6) is 0 Å². The lowest BCUT2D eigenvalue weighted by Crippen LogP contribution is -2.23. The summed E-state index contributed by atoms with van der Waals surface area (Å²) < 4.78 is 12.2. The summed E-state index contributed by atoms with van der Waals surface area (Å²) in [6.45, 7) is 5.84. The van der Waals surface area contributed by atoms with Crippen molar-refractivity contribution < 1.29 is 23.9 Å². The van der Waals surface area contributed by atoms with Crippen LogP contribution in [0.15, 0.2) is 41.4 Å². The Balaban J connectivity index is 2.05. The van der Waals surface area contributed by atoms with Gasteiger partial charge >= 0.3 is 11.9 Å². The molecule has 0 saturated heterocycles. The van der Waals surface area contributed by atoms with E-state index in [4.69, 9.17) is 9.47 Å². The molecule has 0 saturated carbocycles. The van der Waals surface area contributed by atoms with E-state index in [1.807, 2.05) is 32.0 Å². The Morgan fingerprint density at radius 1 is 1.10 bits per heavy atom. The van der Waals surface area contributed by atoms with E-state index in [2.05, 4.69) is 4.99 Å². The van der Waals surface area contributed by atoms with Crippen molar-refractivity contribution in [2.45, 2.75) is 33.7 Å². The summed E-state index contributed by atoms with van der Waals surface area (Å²) in [7, 11) is 1.31. The van der Waals surface area contributed by atoms with Crippen molar-refractivity contribution in [3.8, 4) is 0 Å². The summed E-state index contributed by atoms with van der Waals surface area (Å²) in [5.74, 6) is -1.20. The van der Waals surface area contributed by atoms with E-state index in [1.165, 1.54) is 18.4 Å². The molecule has 0 unspecified atom stereocenters. The van der Waals surface area contributed by atoms with Gasteiger partial charge in [0, 0.05) is 0 Å². The van der Waals surface area contributed by atoms with Gasteiger partial charge in [0.25, 0.3) is 5.91 Å². The molecule has 3 aromatic rings. The number of esters is 2. The number of ether oxygens (including phenoxy) is 2. The maximum absolute atomic E-state index is 12.7. The second kappa shape index (κ2) is 9.70. The predicted molar refractivity (Wildman–Crippen MR) is 118 cm³/mol. The first-order valence-electron chi connectivity index (χ1n) is 9.83. The van der Waals surface area contributed by atoms with Crippen molar-refractivity contribution in [3.05, 3.63) is 63.5 Å². The zero-order valence-electron chi connectivity index (χ0n) is 17.9. The Hall–Kier alpha value is -3.26. The number of nitrogens with zero attached hydrogens (tertiary/aromatic N) is 2. The highest BCUT2D eigenvalue weighted by molar-refractivity contribution is 7.16. The Bertz CT molecular complexity index is 1220. The van der Waals surface area contributed by atoms with E-state index >= 15 is 0 Å². The maximum Gasteiger partial charge on any atom is 0.337 e. The number of carbonyl (C=O) groups is 3. The van der Waals surface area contributed by atoms with Gasteiger partial charge in [-0.3, -0.25) is 9.59 Å². The van der Waals surface area contributed by atoms with Gasteiger partial charge in [-0.05, 0) is 50.1 Å². The molecular weight excluding hydrogens is 416 g/mol. The quantitative estimate of drug-likeness (QED) is 0.549. The van der Waals surface area contributed by atoms with Crippen molar-refractivity contribution in [2.75, 3.05) is 13.7 Å². The zero-order valence-corrected chi connectivity index (χ0v) is 18.7. The van der Waals surface area contributed by atoms with E-state index in [1.54, 1.807) is 29.7 Å². The lowest BCUT2D eigenvalue weighted by Gasteiger charge is -2.06. The molecule has 0 aliphatic heterocycles. The average molecular weight is 441 g/mol. The number of methoxy groups -OCH3 is 1. The third kappa shape index (κ3) is 5.27. The molecule has 0 aliphatic rings. The molecule has 0 bridgehead atoms. The molecule has 2 aromatic carbocycles. The number of benzene rings is 2. The van der Waals surface area contributed by atoms with Crippen LogP contribution in [-0.4, -0.2) is 36.1 Å². The molecule has 1 aromatic heterocycles. The minimum absolute atomic E-state index is 0.0823. The first-order chi connectivity index (χ1) is 14.8. The standard InChI is InChI=1S/C23H24N2O5S/c1-5-30-21(27)13-25-18-9-8-16(22(28)29-4)11-19(18)31-23(25)24-20(26)12-17-10-14(2)6-7-15(17)3/h6-11H,5,12-13H2,1-4H3. The number of carbonyl (C=O) groups excluding carboxylic acids is 3. The number of amides is 1. The fourth-order valence-electron chi connectivity index (χ4n) is 3.19. The van der Waals surface area contributed by atoms with Crippen molar-refractivity contribution in [1.29, 1.82) is 0 Å². The van der Waals surface area contributed by atoms with Crippen LogP contribution in [0.4, 0.5) is 0 Å². The summed E-state index contributed by atoms with van der Waals surface area (Å²) in [4.78, 5) is 41.4. The van der Waals surface area contributed by atoms with Gasteiger partial charge in [0.05, 0.1) is 35.9 Å². The molecule has 3 rings (SSSR count). The third-order valence-electron chi connectivity index (χ3n) is 4.76. The first kappa shape index (κ1) is 22.4. The Morgan fingerprint density at radius 3 is 2.58 bits per heavy atom. The van der Waals surface area contributed by atoms with Crippen molar-refractivity contribution in [2.24, 2.45) is 4.99 Å². The van der Waals surface area contributed by atoms with Crippen LogP contribution in [0.3, 0.4) is 0 Å². The van der Waals surface area contributed by atoms with Crippen molar-refractivity contribution in [3.63, 3.8) is 0 Å². The number of aryl methyl sites for hydroxylation is 2. The number of fused-ring (bicyclic) bond motifs is 1. The monoisotopic (exact) mass is 440 g/mol. The van der Waals surface area contributed by atoms with Gasteiger partial charge in [-0.25, -0.2) is 4.79 Å². The number of thiazole rings is 1. The van der Waals surface area contributed by atoms with Crippen LogP contribution in [0.2, 0.25) is 0 Å². The topological polar surface area (TPSA) is 87.0 Å². The van der Waals surface area contributed by atoms with Crippen LogP contribution in [0.25, 0.3) is 10.2 Å². The largest absolute Gasteiger partial charge is 0.465 e. The minimum Gasteiger partial charge on any atom is -0.465 e. The highest BCUT2D eigenvalue weighted by atomic mass is 32.1. The molecule has 0 fully saturated rings. The van der Waals surface area contributed by atoms with Crippen LogP contribution < -0.4 is 4.80 Å². The fraction of sp³-hybridized carbons (Fsp3) is 0.304. The Morgan fingerprint density at radius 2 is 1.87 bits per heavy atom. The molecular formula is C23H24N2O5S. The molecule has 7 nitrogen and oxygen atoms in total. The molecule has 8 heteroatoms. The average Bonchev–Trinajstić information content (AvgIpc) is 3.06. The first-order valence-corrected chi connectivity index (χ1v) is 10.6. The fourth-order valence-corrected chi connectivity index (χ4v) is 4.28. The highest BCUT2D eigenvalue weighted by Gasteiger charge is 2.15. The summed E-state index contributed by atoms with van der Waals surface area (Å²) in [5, 5.41) is 0. The van der Waals surface area contributed by atoms with Gasteiger partial charge in [0.2, 0.25) is 0 Å². The Kier molecular flexibility index (Phi) is 7.02. The molecule has 0 radical (unpaired) electrons. The number of hydrogen-bond acceptors (Lipinski definition) is 6. The van der Waals surface area contributed by atoms with E-state index in [9.17, 15) is 14.4 Å². The summed E-state index contributed by atoms with van der Waals surface area (Å²) in [6.07, 6.45) is 0.161. The van der Waals surface area contributed by atoms with Gasteiger partial charge in [0.15, 0.2) is 4.80 Å². The molecule has 0 spiro atoms. The smallest absolute Gasteiger partial charge is 0.337 e. The third-order valence-corrected chi connectivity index (χ3v) is 5.80. The van der Waals surface area contributed by atoms with Crippen LogP contribution in [-0.2, 0) is 32.0 Å². The van der Waals surface area contributed by atoms with Gasteiger partial charge in [-0.1, -0.05) is 35.1 Å². The second-order valence-electron chi connectivity index (χ2n) is 7.06.